The van der Waals surface area contributed by atoms with Gasteiger partial charge in [0.2, 0.25) is 5.28 Å². The molecule has 1 aromatic heterocycles. The van der Waals surface area contributed by atoms with Gasteiger partial charge >= 0.3 is 5.97 Å². The van der Waals surface area contributed by atoms with E-state index in [1.54, 1.807) is 12.3 Å². The summed E-state index contributed by atoms with van der Waals surface area (Å²) in [4.78, 5) is 19.8. The Hall–Kier alpha value is -2.92. The highest BCUT2D eigenvalue weighted by Gasteiger charge is 2.06. The molecule has 0 aliphatic carbocycles. The molecule has 0 unspecified atom stereocenters. The lowest BCUT2D eigenvalue weighted by Gasteiger charge is -2.07. The zero-order valence-electron chi connectivity index (χ0n) is 13.4. The van der Waals surface area contributed by atoms with Crippen molar-refractivity contribution in [3.8, 4) is 0 Å². The fraction of sp³-hybridized carbons (Fsp3) is 0.105. The number of nitrogens with zero attached hydrogens (tertiary/aromatic N) is 2. The SMILES string of the molecule is O=C(Cc1ccc(Nc2ccnc(Cl)n2)cc1)OCc1ccccc1. The fourth-order valence-corrected chi connectivity index (χ4v) is 2.36. The van der Waals surface area contributed by atoms with Gasteiger partial charge in [0.15, 0.2) is 0 Å². The summed E-state index contributed by atoms with van der Waals surface area (Å²) in [7, 11) is 0. The van der Waals surface area contributed by atoms with Crippen molar-refractivity contribution in [1.29, 1.82) is 0 Å². The number of hydrogen-bond donors (Lipinski definition) is 1. The van der Waals surface area contributed by atoms with Gasteiger partial charge < -0.3 is 10.1 Å². The molecule has 0 saturated heterocycles. The molecule has 3 rings (SSSR count). The molecule has 0 aliphatic heterocycles. The predicted octanol–water partition coefficient (Wildman–Crippen LogP) is 4.16. The first-order valence-corrected chi connectivity index (χ1v) is 8.11. The average molecular weight is 354 g/mol. The molecule has 1 heterocycles. The lowest BCUT2D eigenvalue weighted by molar-refractivity contribution is -0.144. The number of esters is 1. The Labute approximate surface area is 150 Å². The molecule has 5 nitrogen and oxygen atoms in total. The number of rotatable bonds is 6. The van der Waals surface area contributed by atoms with Crippen LogP contribution >= 0.6 is 11.6 Å². The number of ether oxygens (including phenoxy) is 1. The van der Waals surface area contributed by atoms with Crippen LogP contribution in [0.1, 0.15) is 11.1 Å². The molecule has 0 spiro atoms. The van der Waals surface area contributed by atoms with Crippen LogP contribution in [0.5, 0.6) is 0 Å². The number of carbonyl (C=O) groups excluding carboxylic acids is 1. The van der Waals surface area contributed by atoms with E-state index in [-0.39, 0.29) is 24.3 Å². The van der Waals surface area contributed by atoms with E-state index in [2.05, 4.69) is 15.3 Å². The molecule has 3 aromatic rings. The van der Waals surface area contributed by atoms with Crippen LogP contribution in [0.4, 0.5) is 11.5 Å². The van der Waals surface area contributed by atoms with E-state index in [0.717, 1.165) is 16.8 Å². The first-order valence-electron chi connectivity index (χ1n) is 7.73. The Morgan fingerprint density at radius 1 is 1.00 bits per heavy atom. The zero-order chi connectivity index (χ0) is 17.5. The summed E-state index contributed by atoms with van der Waals surface area (Å²) < 4.78 is 5.28. The Morgan fingerprint density at radius 3 is 2.48 bits per heavy atom. The number of anilines is 2. The van der Waals surface area contributed by atoms with E-state index in [9.17, 15) is 4.79 Å². The molecular weight excluding hydrogens is 338 g/mol. The van der Waals surface area contributed by atoms with E-state index >= 15 is 0 Å². The maximum Gasteiger partial charge on any atom is 0.310 e. The molecule has 0 fully saturated rings. The van der Waals surface area contributed by atoms with Crippen LogP contribution < -0.4 is 5.32 Å². The van der Waals surface area contributed by atoms with Gasteiger partial charge in [-0.2, -0.15) is 0 Å². The number of benzene rings is 2. The van der Waals surface area contributed by atoms with Crippen molar-refractivity contribution in [2.24, 2.45) is 0 Å². The molecule has 1 N–H and O–H groups in total. The Bertz CT molecular complexity index is 839. The molecule has 0 aliphatic rings. The van der Waals surface area contributed by atoms with Gasteiger partial charge in [-0.15, -0.1) is 0 Å². The number of aromatic nitrogens is 2. The monoisotopic (exact) mass is 353 g/mol. The van der Waals surface area contributed by atoms with Gasteiger partial charge in [0, 0.05) is 11.9 Å². The largest absolute Gasteiger partial charge is 0.461 e. The fourth-order valence-electron chi connectivity index (χ4n) is 2.21. The second kappa shape index (κ2) is 8.26. The van der Waals surface area contributed by atoms with E-state index < -0.39 is 0 Å². The summed E-state index contributed by atoms with van der Waals surface area (Å²) in [6, 6.07) is 18.8. The van der Waals surface area contributed by atoms with Crippen LogP contribution in [0.25, 0.3) is 0 Å². The van der Waals surface area contributed by atoms with E-state index in [1.807, 2.05) is 54.6 Å². The Morgan fingerprint density at radius 2 is 1.76 bits per heavy atom. The quantitative estimate of drug-likeness (QED) is 0.532. The third-order valence-corrected chi connectivity index (χ3v) is 3.63. The molecule has 126 valence electrons. The van der Waals surface area contributed by atoms with Crippen molar-refractivity contribution in [2.75, 3.05) is 5.32 Å². The van der Waals surface area contributed by atoms with Crippen molar-refractivity contribution in [1.82, 2.24) is 9.97 Å². The molecular formula is C19H16ClN3O2. The van der Waals surface area contributed by atoms with Gasteiger partial charge in [0.1, 0.15) is 12.4 Å². The molecule has 6 heteroatoms. The van der Waals surface area contributed by atoms with Gasteiger partial charge in [-0.1, -0.05) is 42.5 Å². The molecule has 0 amide bonds. The number of halogens is 1. The zero-order valence-corrected chi connectivity index (χ0v) is 14.1. The van der Waals surface area contributed by atoms with Crippen molar-refractivity contribution in [3.05, 3.63) is 83.3 Å². The normalized spacial score (nSPS) is 10.3. The summed E-state index contributed by atoms with van der Waals surface area (Å²) in [6.45, 7) is 0.285. The number of carbonyl (C=O) groups is 1. The molecule has 2 aromatic carbocycles. The maximum absolute atomic E-state index is 11.9. The van der Waals surface area contributed by atoms with Gasteiger partial charge in [-0.05, 0) is 40.9 Å². The third-order valence-electron chi connectivity index (χ3n) is 3.44. The third kappa shape index (κ3) is 5.29. The minimum Gasteiger partial charge on any atom is -0.461 e. The minimum atomic E-state index is -0.257. The van der Waals surface area contributed by atoms with Crippen LogP contribution in [0, 0.1) is 0 Å². The summed E-state index contributed by atoms with van der Waals surface area (Å²) in [5.41, 5.74) is 2.69. The highest BCUT2D eigenvalue weighted by Crippen LogP contribution is 2.16. The van der Waals surface area contributed by atoms with Crippen molar-refractivity contribution in [2.45, 2.75) is 13.0 Å². The second-order valence-corrected chi connectivity index (χ2v) is 5.69. The Balaban J connectivity index is 1.52. The lowest BCUT2D eigenvalue weighted by Crippen LogP contribution is -2.08. The number of hydrogen-bond acceptors (Lipinski definition) is 5. The van der Waals surface area contributed by atoms with Crippen molar-refractivity contribution < 1.29 is 9.53 Å². The highest BCUT2D eigenvalue weighted by molar-refractivity contribution is 6.28. The van der Waals surface area contributed by atoms with Crippen molar-refractivity contribution in [3.63, 3.8) is 0 Å². The van der Waals surface area contributed by atoms with Gasteiger partial charge in [0.05, 0.1) is 6.42 Å². The summed E-state index contributed by atoms with van der Waals surface area (Å²) in [6.07, 6.45) is 1.81. The molecule has 0 bridgehead atoms. The predicted molar refractivity (Wildman–Crippen MR) is 96.7 cm³/mol. The van der Waals surface area contributed by atoms with Crippen LogP contribution in [-0.4, -0.2) is 15.9 Å². The molecule has 0 atom stereocenters. The van der Waals surface area contributed by atoms with E-state index in [0.29, 0.717) is 5.82 Å². The highest BCUT2D eigenvalue weighted by atomic mass is 35.5. The van der Waals surface area contributed by atoms with E-state index in [1.165, 1.54) is 0 Å². The molecule has 0 radical (unpaired) electrons. The minimum absolute atomic E-state index is 0.183. The van der Waals surface area contributed by atoms with Crippen molar-refractivity contribution >= 4 is 29.1 Å². The first-order chi connectivity index (χ1) is 12.2. The lowest BCUT2D eigenvalue weighted by atomic mass is 10.1. The van der Waals surface area contributed by atoms with Crippen LogP contribution in [-0.2, 0) is 22.6 Å². The van der Waals surface area contributed by atoms with Crippen LogP contribution in [0.2, 0.25) is 5.28 Å². The second-order valence-electron chi connectivity index (χ2n) is 5.36. The standard InChI is InChI=1S/C19H16ClN3O2/c20-19-21-11-10-17(23-19)22-16-8-6-14(7-9-16)12-18(24)25-13-15-4-2-1-3-5-15/h1-11H,12-13H2,(H,21,22,23). The van der Waals surface area contributed by atoms with Gasteiger partial charge in [-0.25, -0.2) is 9.97 Å². The van der Waals surface area contributed by atoms with Gasteiger partial charge in [-0.3, -0.25) is 4.79 Å². The van der Waals surface area contributed by atoms with E-state index in [4.69, 9.17) is 16.3 Å². The maximum atomic E-state index is 11.9. The summed E-state index contributed by atoms with van der Waals surface area (Å²) >= 11 is 5.75. The smallest absolute Gasteiger partial charge is 0.310 e. The molecule has 0 saturated carbocycles. The average Bonchev–Trinajstić information content (AvgIpc) is 2.63. The summed E-state index contributed by atoms with van der Waals surface area (Å²) in [5, 5.41) is 3.30. The van der Waals surface area contributed by atoms with Gasteiger partial charge in [0.25, 0.3) is 0 Å². The van der Waals surface area contributed by atoms with Crippen LogP contribution in [0.3, 0.4) is 0 Å². The first kappa shape index (κ1) is 16.9. The molecule has 25 heavy (non-hydrogen) atoms. The van der Waals surface area contributed by atoms with Crippen LogP contribution in [0.15, 0.2) is 66.9 Å². The number of nitrogens with one attached hydrogen (secondary N) is 1. The topological polar surface area (TPSA) is 64.1 Å². The Kier molecular flexibility index (Phi) is 5.59. The summed E-state index contributed by atoms with van der Waals surface area (Å²) in [5.74, 6) is 0.349.